The van der Waals surface area contributed by atoms with Crippen molar-refractivity contribution in [2.45, 2.75) is 26.3 Å². The van der Waals surface area contributed by atoms with Gasteiger partial charge in [0.1, 0.15) is 5.82 Å². The Bertz CT molecular complexity index is 648. The Balaban J connectivity index is 1.97. The number of halogens is 1. The largest absolute Gasteiger partial charge is 0.466 e. The van der Waals surface area contributed by atoms with Gasteiger partial charge >= 0.3 is 5.97 Å². The van der Waals surface area contributed by atoms with Crippen LogP contribution in [-0.4, -0.2) is 57.7 Å². The Labute approximate surface area is 155 Å². The second kappa shape index (κ2) is 9.40. The van der Waals surface area contributed by atoms with E-state index in [1.807, 2.05) is 27.1 Å². The topological polar surface area (TPSA) is 57.2 Å². The minimum absolute atomic E-state index is 0.126. The molecule has 1 aliphatic rings. The van der Waals surface area contributed by atoms with Crippen LogP contribution in [0.25, 0.3) is 0 Å². The Morgan fingerprint density at radius 1 is 1.46 bits per heavy atom. The lowest BCUT2D eigenvalue weighted by atomic mass is 9.98. The summed E-state index contributed by atoms with van der Waals surface area (Å²) in [5.74, 6) is 0.203. The van der Waals surface area contributed by atoms with Gasteiger partial charge in [-0.15, -0.1) is 0 Å². The molecule has 144 valence electrons. The van der Waals surface area contributed by atoms with Crippen molar-refractivity contribution in [3.63, 3.8) is 0 Å². The Kier molecular flexibility index (Phi) is 7.24. The van der Waals surface area contributed by atoms with Crippen LogP contribution in [0.2, 0.25) is 0 Å². The molecule has 1 N–H and O–H groups in total. The average molecular weight is 364 g/mol. The zero-order chi connectivity index (χ0) is 19.1. The summed E-state index contributed by atoms with van der Waals surface area (Å²) in [4.78, 5) is 20.1. The number of likely N-dealkylation sites (tertiary alicyclic amines) is 1. The van der Waals surface area contributed by atoms with E-state index in [0.29, 0.717) is 25.4 Å². The molecule has 1 unspecified atom stereocenters. The number of hydrogen-bond acceptors (Lipinski definition) is 4. The molecule has 6 nitrogen and oxygen atoms in total. The summed E-state index contributed by atoms with van der Waals surface area (Å²) >= 11 is 0. The number of aliphatic imine (C=N–C) groups is 1. The predicted octanol–water partition coefficient (Wildman–Crippen LogP) is 2.24. The van der Waals surface area contributed by atoms with Crippen LogP contribution in [0.3, 0.4) is 0 Å². The Morgan fingerprint density at radius 2 is 2.23 bits per heavy atom. The first kappa shape index (κ1) is 20.0. The van der Waals surface area contributed by atoms with Crippen molar-refractivity contribution in [1.29, 1.82) is 0 Å². The van der Waals surface area contributed by atoms with Crippen molar-refractivity contribution >= 4 is 17.6 Å². The van der Waals surface area contributed by atoms with Crippen LogP contribution in [0.5, 0.6) is 0 Å². The molecule has 0 saturated carbocycles. The normalized spacial score (nSPS) is 17.8. The lowest BCUT2D eigenvalue weighted by Crippen LogP contribution is -2.48. The van der Waals surface area contributed by atoms with Crippen molar-refractivity contribution in [3.05, 3.63) is 29.6 Å². The summed E-state index contributed by atoms with van der Waals surface area (Å²) in [7, 11) is 5.34. The van der Waals surface area contributed by atoms with E-state index < -0.39 is 0 Å². The van der Waals surface area contributed by atoms with E-state index in [9.17, 15) is 9.18 Å². The standard InChI is InChI=1S/C19H29FN4O2/c1-5-26-18(25)15-7-6-10-24(13-15)19(21-2)22-12-14-8-9-17(23(3)4)16(20)11-14/h8-9,11,15H,5-7,10,12-13H2,1-4H3,(H,21,22). The third-order valence-corrected chi connectivity index (χ3v) is 4.50. The van der Waals surface area contributed by atoms with Gasteiger partial charge in [0.05, 0.1) is 18.2 Å². The maximum Gasteiger partial charge on any atom is 0.310 e. The fourth-order valence-corrected chi connectivity index (χ4v) is 3.16. The first-order valence-corrected chi connectivity index (χ1v) is 9.04. The van der Waals surface area contributed by atoms with Crippen LogP contribution >= 0.6 is 0 Å². The molecule has 2 rings (SSSR count). The fourth-order valence-electron chi connectivity index (χ4n) is 3.16. The van der Waals surface area contributed by atoms with Gasteiger partial charge in [-0.1, -0.05) is 6.07 Å². The van der Waals surface area contributed by atoms with E-state index in [2.05, 4.69) is 15.2 Å². The molecule has 7 heteroatoms. The quantitative estimate of drug-likeness (QED) is 0.493. The molecule has 0 aromatic heterocycles. The third-order valence-electron chi connectivity index (χ3n) is 4.50. The number of guanidine groups is 1. The maximum absolute atomic E-state index is 14.1. The molecule has 1 fully saturated rings. The molecule has 1 atom stereocenters. The van der Waals surface area contributed by atoms with Crippen LogP contribution in [-0.2, 0) is 16.1 Å². The molecule has 1 aromatic rings. The number of ether oxygens (including phenoxy) is 1. The number of piperidine rings is 1. The molecule has 0 amide bonds. The summed E-state index contributed by atoms with van der Waals surface area (Å²) in [5.41, 5.74) is 1.40. The smallest absolute Gasteiger partial charge is 0.310 e. The van der Waals surface area contributed by atoms with Gasteiger partial charge in [0, 0.05) is 40.8 Å². The summed E-state index contributed by atoms with van der Waals surface area (Å²) < 4.78 is 19.3. The number of anilines is 1. The predicted molar refractivity (Wildman–Crippen MR) is 102 cm³/mol. The number of nitrogens with one attached hydrogen (secondary N) is 1. The van der Waals surface area contributed by atoms with Gasteiger partial charge < -0.3 is 19.9 Å². The number of hydrogen-bond donors (Lipinski definition) is 1. The monoisotopic (exact) mass is 364 g/mol. The van der Waals surface area contributed by atoms with E-state index in [0.717, 1.165) is 30.9 Å². The Hall–Kier alpha value is -2.31. The SMILES string of the molecule is CCOC(=O)C1CCCN(C(=NC)NCc2ccc(N(C)C)c(F)c2)C1. The van der Waals surface area contributed by atoms with E-state index in [4.69, 9.17) is 4.74 Å². The van der Waals surface area contributed by atoms with Gasteiger partial charge in [0.25, 0.3) is 0 Å². The molecule has 0 bridgehead atoms. The molecule has 26 heavy (non-hydrogen) atoms. The van der Waals surface area contributed by atoms with Crippen molar-refractivity contribution in [1.82, 2.24) is 10.2 Å². The van der Waals surface area contributed by atoms with Crippen LogP contribution in [0.1, 0.15) is 25.3 Å². The highest BCUT2D eigenvalue weighted by Gasteiger charge is 2.28. The van der Waals surface area contributed by atoms with Crippen molar-refractivity contribution in [2.24, 2.45) is 10.9 Å². The lowest BCUT2D eigenvalue weighted by Gasteiger charge is -2.34. The molecule has 1 aliphatic heterocycles. The lowest BCUT2D eigenvalue weighted by molar-refractivity contribution is -0.149. The Morgan fingerprint density at radius 3 is 2.85 bits per heavy atom. The molecule has 0 radical (unpaired) electrons. The molecule has 0 aliphatic carbocycles. The van der Waals surface area contributed by atoms with Crippen LogP contribution in [0.15, 0.2) is 23.2 Å². The van der Waals surface area contributed by atoms with Gasteiger partial charge in [-0.3, -0.25) is 9.79 Å². The molecular weight excluding hydrogens is 335 g/mol. The zero-order valence-corrected chi connectivity index (χ0v) is 16.1. The van der Waals surface area contributed by atoms with Gasteiger partial charge in [0.2, 0.25) is 0 Å². The first-order chi connectivity index (χ1) is 12.5. The number of rotatable bonds is 5. The molecule has 0 spiro atoms. The minimum atomic E-state index is -0.246. The average Bonchev–Trinajstić information content (AvgIpc) is 2.62. The van der Waals surface area contributed by atoms with E-state index in [1.54, 1.807) is 18.0 Å². The summed E-state index contributed by atoms with van der Waals surface area (Å²) in [5, 5.41) is 3.27. The number of benzene rings is 1. The second-order valence-corrected chi connectivity index (χ2v) is 6.62. The highest BCUT2D eigenvalue weighted by atomic mass is 19.1. The van der Waals surface area contributed by atoms with Gasteiger partial charge in [-0.05, 0) is 37.5 Å². The number of esters is 1. The highest BCUT2D eigenvalue weighted by molar-refractivity contribution is 5.81. The number of carbonyl (C=O) groups excluding carboxylic acids is 1. The van der Waals surface area contributed by atoms with Crippen LogP contribution in [0.4, 0.5) is 10.1 Å². The summed E-state index contributed by atoms with van der Waals surface area (Å²) in [6, 6.07) is 5.20. The van der Waals surface area contributed by atoms with Crippen molar-refractivity contribution < 1.29 is 13.9 Å². The fraction of sp³-hybridized carbons (Fsp3) is 0.579. The number of nitrogens with zero attached hydrogens (tertiary/aromatic N) is 3. The highest BCUT2D eigenvalue weighted by Crippen LogP contribution is 2.20. The van der Waals surface area contributed by atoms with Crippen molar-refractivity contribution in [2.75, 3.05) is 45.7 Å². The van der Waals surface area contributed by atoms with Crippen LogP contribution in [0, 0.1) is 11.7 Å². The van der Waals surface area contributed by atoms with Crippen LogP contribution < -0.4 is 10.2 Å². The number of carbonyl (C=O) groups is 1. The molecule has 1 aromatic carbocycles. The second-order valence-electron chi connectivity index (χ2n) is 6.62. The van der Waals surface area contributed by atoms with Gasteiger partial charge in [-0.25, -0.2) is 4.39 Å². The van der Waals surface area contributed by atoms with E-state index >= 15 is 0 Å². The third kappa shape index (κ3) is 5.09. The maximum atomic E-state index is 14.1. The summed E-state index contributed by atoms with van der Waals surface area (Å²) in [6.45, 7) is 4.12. The first-order valence-electron chi connectivity index (χ1n) is 9.04. The zero-order valence-electron chi connectivity index (χ0n) is 16.1. The minimum Gasteiger partial charge on any atom is -0.466 e. The van der Waals surface area contributed by atoms with Gasteiger partial charge in [-0.2, -0.15) is 0 Å². The molecule has 1 heterocycles. The van der Waals surface area contributed by atoms with Crippen molar-refractivity contribution in [3.8, 4) is 0 Å². The van der Waals surface area contributed by atoms with Gasteiger partial charge in [0.15, 0.2) is 5.96 Å². The molecular formula is C19H29FN4O2. The van der Waals surface area contributed by atoms with E-state index in [-0.39, 0.29) is 17.7 Å². The molecule has 1 saturated heterocycles. The summed E-state index contributed by atoms with van der Waals surface area (Å²) in [6.07, 6.45) is 1.75. The van der Waals surface area contributed by atoms with E-state index in [1.165, 1.54) is 6.07 Å².